The van der Waals surface area contributed by atoms with Gasteiger partial charge in [0, 0.05) is 5.56 Å². The predicted octanol–water partition coefficient (Wildman–Crippen LogP) is 5.17. The first-order valence-corrected chi connectivity index (χ1v) is 7.87. The molecule has 116 valence electrons. The highest BCUT2D eigenvalue weighted by molar-refractivity contribution is 5.81. The largest absolute Gasteiger partial charge is 0.495 e. The Bertz CT molecular complexity index is 850. The SMILES string of the molecule is COc1cc(C)ccc1N1c2ccccc2CCc2ccoc21. The normalized spacial score (nSPS) is 13.2. The second kappa shape index (κ2) is 5.51. The number of furan rings is 1. The second-order valence-corrected chi connectivity index (χ2v) is 5.89. The molecular formula is C20H19NO2. The van der Waals surface area contributed by atoms with E-state index in [1.165, 1.54) is 16.7 Å². The minimum Gasteiger partial charge on any atom is -0.495 e. The number of hydrogen-bond acceptors (Lipinski definition) is 3. The van der Waals surface area contributed by atoms with Crippen LogP contribution in [0.3, 0.4) is 0 Å². The molecule has 0 fully saturated rings. The van der Waals surface area contributed by atoms with E-state index in [0.29, 0.717) is 0 Å². The molecule has 1 aromatic heterocycles. The van der Waals surface area contributed by atoms with Crippen LogP contribution in [0.2, 0.25) is 0 Å². The predicted molar refractivity (Wildman–Crippen MR) is 92.1 cm³/mol. The van der Waals surface area contributed by atoms with Crippen LogP contribution in [0.25, 0.3) is 0 Å². The Morgan fingerprint density at radius 1 is 0.957 bits per heavy atom. The average molecular weight is 305 g/mol. The first-order valence-electron chi connectivity index (χ1n) is 7.87. The Labute approximate surface area is 136 Å². The van der Waals surface area contributed by atoms with Gasteiger partial charge in [-0.25, -0.2) is 0 Å². The van der Waals surface area contributed by atoms with E-state index in [0.717, 1.165) is 35.9 Å². The summed E-state index contributed by atoms with van der Waals surface area (Å²) in [7, 11) is 1.71. The summed E-state index contributed by atoms with van der Waals surface area (Å²) >= 11 is 0. The first kappa shape index (κ1) is 13.9. The monoisotopic (exact) mass is 305 g/mol. The van der Waals surface area contributed by atoms with E-state index in [1.54, 1.807) is 13.4 Å². The van der Waals surface area contributed by atoms with Crippen LogP contribution in [0.5, 0.6) is 5.75 Å². The fourth-order valence-electron chi connectivity index (χ4n) is 3.24. The van der Waals surface area contributed by atoms with Crippen molar-refractivity contribution >= 4 is 17.3 Å². The maximum Gasteiger partial charge on any atom is 0.207 e. The van der Waals surface area contributed by atoms with Crippen molar-refractivity contribution in [3.05, 3.63) is 71.5 Å². The molecule has 23 heavy (non-hydrogen) atoms. The van der Waals surface area contributed by atoms with E-state index in [-0.39, 0.29) is 0 Å². The molecule has 1 aliphatic rings. The number of hydrogen-bond donors (Lipinski definition) is 0. The van der Waals surface area contributed by atoms with Gasteiger partial charge in [-0.15, -0.1) is 0 Å². The van der Waals surface area contributed by atoms with E-state index < -0.39 is 0 Å². The lowest BCUT2D eigenvalue weighted by Gasteiger charge is -2.25. The Kier molecular flexibility index (Phi) is 3.34. The Hall–Kier alpha value is -2.68. The topological polar surface area (TPSA) is 25.6 Å². The first-order chi connectivity index (χ1) is 11.3. The molecule has 0 saturated heterocycles. The molecule has 4 rings (SSSR count). The highest BCUT2D eigenvalue weighted by Gasteiger charge is 2.26. The average Bonchev–Trinajstić information content (AvgIpc) is 2.98. The Morgan fingerprint density at radius 3 is 2.65 bits per heavy atom. The standard InChI is InChI=1S/C20H19NO2/c1-14-7-10-18(19(13-14)22-2)21-17-6-4-3-5-15(17)8-9-16-11-12-23-20(16)21/h3-7,10-13H,8-9H2,1-2H3. The van der Waals surface area contributed by atoms with Crippen LogP contribution >= 0.6 is 0 Å². The van der Waals surface area contributed by atoms with Crippen molar-refractivity contribution in [1.29, 1.82) is 0 Å². The summed E-state index contributed by atoms with van der Waals surface area (Å²) in [6.45, 7) is 2.07. The molecular weight excluding hydrogens is 286 g/mol. The zero-order valence-corrected chi connectivity index (χ0v) is 13.4. The zero-order valence-electron chi connectivity index (χ0n) is 13.4. The molecule has 0 spiro atoms. The van der Waals surface area contributed by atoms with E-state index in [9.17, 15) is 0 Å². The molecule has 0 saturated carbocycles. The number of rotatable bonds is 2. The van der Waals surface area contributed by atoms with Crippen molar-refractivity contribution in [1.82, 2.24) is 0 Å². The quantitative estimate of drug-likeness (QED) is 0.653. The van der Waals surface area contributed by atoms with Gasteiger partial charge in [0.1, 0.15) is 5.75 Å². The van der Waals surface area contributed by atoms with Gasteiger partial charge in [-0.05, 0) is 55.2 Å². The molecule has 0 N–H and O–H groups in total. The lowest BCUT2D eigenvalue weighted by molar-refractivity contribution is 0.415. The van der Waals surface area contributed by atoms with Gasteiger partial charge in [0.25, 0.3) is 0 Å². The minimum absolute atomic E-state index is 0.851. The third kappa shape index (κ3) is 2.29. The summed E-state index contributed by atoms with van der Waals surface area (Å²) in [4.78, 5) is 2.18. The van der Waals surface area contributed by atoms with Crippen molar-refractivity contribution in [2.45, 2.75) is 19.8 Å². The molecule has 0 amide bonds. The van der Waals surface area contributed by atoms with Crippen LogP contribution in [0, 0.1) is 6.92 Å². The fourth-order valence-corrected chi connectivity index (χ4v) is 3.24. The van der Waals surface area contributed by atoms with Crippen molar-refractivity contribution in [2.24, 2.45) is 0 Å². The molecule has 2 heterocycles. The molecule has 1 aliphatic heterocycles. The highest BCUT2D eigenvalue weighted by atomic mass is 16.5. The molecule has 2 aromatic carbocycles. The summed E-state index contributed by atoms with van der Waals surface area (Å²) < 4.78 is 11.5. The van der Waals surface area contributed by atoms with Crippen LogP contribution in [-0.2, 0) is 12.8 Å². The fraction of sp³-hybridized carbons (Fsp3) is 0.200. The maximum absolute atomic E-state index is 5.86. The summed E-state index contributed by atoms with van der Waals surface area (Å²) in [5.41, 5.74) is 5.88. The van der Waals surface area contributed by atoms with Gasteiger partial charge in [-0.3, -0.25) is 4.90 Å². The molecule has 0 unspecified atom stereocenters. The number of para-hydroxylation sites is 1. The molecule has 0 radical (unpaired) electrons. The van der Waals surface area contributed by atoms with E-state index in [2.05, 4.69) is 60.4 Å². The van der Waals surface area contributed by atoms with Crippen LogP contribution in [0.15, 0.2) is 59.2 Å². The summed E-state index contributed by atoms with van der Waals surface area (Å²) in [5, 5.41) is 0. The van der Waals surface area contributed by atoms with Crippen LogP contribution in [-0.4, -0.2) is 7.11 Å². The van der Waals surface area contributed by atoms with Gasteiger partial charge in [0.2, 0.25) is 5.88 Å². The third-order valence-corrected chi connectivity index (χ3v) is 4.40. The van der Waals surface area contributed by atoms with E-state index >= 15 is 0 Å². The lowest BCUT2D eigenvalue weighted by Crippen LogP contribution is -2.12. The molecule has 0 bridgehead atoms. The van der Waals surface area contributed by atoms with E-state index in [4.69, 9.17) is 9.15 Å². The molecule has 3 nitrogen and oxygen atoms in total. The third-order valence-electron chi connectivity index (χ3n) is 4.40. The Morgan fingerprint density at radius 2 is 1.78 bits per heavy atom. The van der Waals surface area contributed by atoms with Crippen LogP contribution < -0.4 is 9.64 Å². The van der Waals surface area contributed by atoms with Gasteiger partial charge < -0.3 is 9.15 Å². The molecule has 3 heteroatoms. The number of benzene rings is 2. The smallest absolute Gasteiger partial charge is 0.207 e. The second-order valence-electron chi connectivity index (χ2n) is 5.89. The van der Waals surface area contributed by atoms with Gasteiger partial charge in [-0.2, -0.15) is 0 Å². The van der Waals surface area contributed by atoms with Gasteiger partial charge in [0.15, 0.2) is 0 Å². The van der Waals surface area contributed by atoms with Crippen LogP contribution in [0.4, 0.5) is 17.3 Å². The number of nitrogens with zero attached hydrogens (tertiary/aromatic N) is 1. The number of ether oxygens (including phenoxy) is 1. The van der Waals surface area contributed by atoms with Gasteiger partial charge in [0.05, 0.1) is 24.7 Å². The zero-order chi connectivity index (χ0) is 15.8. The van der Waals surface area contributed by atoms with Gasteiger partial charge in [-0.1, -0.05) is 24.3 Å². The number of anilines is 3. The number of fused-ring (bicyclic) bond motifs is 2. The number of methoxy groups -OCH3 is 1. The van der Waals surface area contributed by atoms with Crippen molar-refractivity contribution in [2.75, 3.05) is 12.0 Å². The molecule has 0 atom stereocenters. The van der Waals surface area contributed by atoms with Crippen molar-refractivity contribution in [3.8, 4) is 5.75 Å². The Balaban J connectivity index is 1.98. The molecule has 0 aliphatic carbocycles. The summed E-state index contributed by atoms with van der Waals surface area (Å²) in [6.07, 6.45) is 3.76. The minimum atomic E-state index is 0.851. The summed E-state index contributed by atoms with van der Waals surface area (Å²) in [5.74, 6) is 1.74. The molecule has 3 aromatic rings. The highest BCUT2D eigenvalue weighted by Crippen LogP contribution is 2.45. The van der Waals surface area contributed by atoms with Crippen molar-refractivity contribution in [3.63, 3.8) is 0 Å². The van der Waals surface area contributed by atoms with Crippen molar-refractivity contribution < 1.29 is 9.15 Å². The maximum atomic E-state index is 5.86. The summed E-state index contributed by atoms with van der Waals surface area (Å²) in [6, 6.07) is 16.8. The lowest BCUT2D eigenvalue weighted by atomic mass is 10.1. The van der Waals surface area contributed by atoms with E-state index in [1.807, 2.05) is 0 Å². The van der Waals surface area contributed by atoms with Gasteiger partial charge >= 0.3 is 0 Å². The number of aryl methyl sites for hydroxylation is 3. The van der Waals surface area contributed by atoms with Crippen LogP contribution in [0.1, 0.15) is 16.7 Å².